The van der Waals surface area contributed by atoms with E-state index < -0.39 is 0 Å². The van der Waals surface area contributed by atoms with E-state index in [1.54, 1.807) is 11.0 Å². The summed E-state index contributed by atoms with van der Waals surface area (Å²) < 4.78 is 5.36. The second kappa shape index (κ2) is 6.74. The van der Waals surface area contributed by atoms with Crippen LogP contribution in [0.15, 0.2) is 54.7 Å². The van der Waals surface area contributed by atoms with Gasteiger partial charge in [0.25, 0.3) is 5.91 Å². The van der Waals surface area contributed by atoms with Crippen LogP contribution in [-0.4, -0.2) is 27.5 Å². The van der Waals surface area contributed by atoms with Crippen LogP contribution in [0, 0.1) is 0 Å². The van der Waals surface area contributed by atoms with Gasteiger partial charge < -0.3 is 15.4 Å². The highest BCUT2D eigenvalue weighted by molar-refractivity contribution is 5.95. The summed E-state index contributed by atoms with van der Waals surface area (Å²) in [5.41, 5.74) is 3.56. The Morgan fingerprint density at radius 2 is 2.04 bits per heavy atom. The average Bonchev–Trinajstić information content (AvgIpc) is 3.11. The molecule has 0 aliphatic carbocycles. The Hall–Kier alpha value is -3.19. The Morgan fingerprint density at radius 1 is 1.16 bits per heavy atom. The maximum Gasteiger partial charge on any atom is 0.262 e. The van der Waals surface area contributed by atoms with E-state index in [4.69, 9.17) is 4.74 Å². The first kappa shape index (κ1) is 15.3. The highest BCUT2D eigenvalue weighted by Gasteiger charge is 2.15. The van der Waals surface area contributed by atoms with E-state index in [1.165, 1.54) is 0 Å². The van der Waals surface area contributed by atoms with E-state index in [2.05, 4.69) is 20.8 Å². The van der Waals surface area contributed by atoms with Crippen molar-refractivity contribution in [3.05, 3.63) is 66.0 Å². The van der Waals surface area contributed by atoms with Gasteiger partial charge in [-0.3, -0.25) is 4.79 Å². The third kappa shape index (κ3) is 3.51. The van der Waals surface area contributed by atoms with Gasteiger partial charge in [-0.1, -0.05) is 24.3 Å². The van der Waals surface area contributed by atoms with Crippen molar-refractivity contribution in [1.82, 2.24) is 20.3 Å². The monoisotopic (exact) mass is 335 g/mol. The first-order valence-electron chi connectivity index (χ1n) is 8.01. The van der Waals surface area contributed by atoms with E-state index in [1.807, 2.05) is 48.5 Å². The average molecular weight is 335 g/mol. The molecular weight excluding hydrogens is 318 g/mol. The summed E-state index contributed by atoms with van der Waals surface area (Å²) in [6.45, 7) is 1.33. The third-order valence-electron chi connectivity index (χ3n) is 3.84. The fourth-order valence-corrected chi connectivity index (χ4v) is 2.64. The number of anilines is 1. The van der Waals surface area contributed by atoms with E-state index in [0.717, 1.165) is 16.9 Å². The van der Waals surface area contributed by atoms with Crippen LogP contribution in [0.2, 0.25) is 0 Å². The molecule has 0 fully saturated rings. The first-order valence-corrected chi connectivity index (χ1v) is 8.01. The molecule has 0 spiro atoms. The van der Waals surface area contributed by atoms with E-state index in [9.17, 15) is 4.79 Å². The van der Waals surface area contributed by atoms with Crippen molar-refractivity contribution in [2.45, 2.75) is 13.1 Å². The van der Waals surface area contributed by atoms with Crippen LogP contribution in [0.3, 0.4) is 0 Å². The Balaban J connectivity index is 1.36. The van der Waals surface area contributed by atoms with Crippen LogP contribution in [-0.2, 0) is 17.9 Å². The molecule has 1 aliphatic heterocycles. The number of hydrogen-bond acceptors (Lipinski definition) is 5. The van der Waals surface area contributed by atoms with Crippen LogP contribution in [0.25, 0.3) is 5.69 Å². The second-order valence-corrected chi connectivity index (χ2v) is 5.73. The second-order valence-electron chi connectivity index (χ2n) is 5.73. The first-order chi connectivity index (χ1) is 12.3. The van der Waals surface area contributed by atoms with Crippen molar-refractivity contribution < 1.29 is 9.53 Å². The molecule has 2 heterocycles. The van der Waals surface area contributed by atoms with Crippen LogP contribution in [0.4, 0.5) is 5.69 Å². The Bertz CT molecular complexity index is 891. The third-order valence-corrected chi connectivity index (χ3v) is 3.84. The number of nitrogens with one attached hydrogen (secondary N) is 2. The number of para-hydroxylation sites is 1. The molecule has 25 heavy (non-hydrogen) atoms. The van der Waals surface area contributed by atoms with Crippen molar-refractivity contribution in [2.75, 3.05) is 11.9 Å². The highest BCUT2D eigenvalue weighted by atomic mass is 16.5. The zero-order valence-electron chi connectivity index (χ0n) is 13.5. The van der Waals surface area contributed by atoms with Gasteiger partial charge in [0.05, 0.1) is 23.3 Å². The Kier molecular flexibility index (Phi) is 4.14. The number of benzene rings is 2. The zero-order valence-corrected chi connectivity index (χ0v) is 13.5. The van der Waals surface area contributed by atoms with E-state index in [-0.39, 0.29) is 12.5 Å². The minimum Gasteiger partial charge on any atom is -0.482 e. The maximum atomic E-state index is 11.4. The summed E-state index contributed by atoms with van der Waals surface area (Å²) in [7, 11) is 0. The molecule has 0 atom stereocenters. The number of carbonyl (C=O) groups excluding carboxylic acids is 1. The number of nitrogens with zero attached hydrogens (tertiary/aromatic N) is 3. The highest BCUT2D eigenvalue weighted by Crippen LogP contribution is 2.28. The molecule has 0 saturated heterocycles. The standard InChI is InChI=1S/C18H17N5O2/c24-18-12-25-17-7-6-13(8-16(17)21-18)9-19-10-14-11-20-23(22-14)15-4-2-1-3-5-15/h1-8,11,19H,9-10,12H2,(H,21,24). The van der Waals surface area contributed by atoms with Crippen LogP contribution in [0.1, 0.15) is 11.3 Å². The van der Waals surface area contributed by atoms with Gasteiger partial charge in [-0.15, -0.1) is 0 Å². The molecule has 3 aromatic rings. The number of rotatable bonds is 5. The van der Waals surface area contributed by atoms with Crippen LogP contribution >= 0.6 is 0 Å². The molecule has 126 valence electrons. The normalized spacial score (nSPS) is 13.0. The van der Waals surface area contributed by atoms with Gasteiger partial charge in [0.15, 0.2) is 6.61 Å². The molecule has 0 radical (unpaired) electrons. The van der Waals surface area contributed by atoms with Crippen LogP contribution in [0.5, 0.6) is 5.75 Å². The summed E-state index contributed by atoms with van der Waals surface area (Å²) in [6.07, 6.45) is 1.75. The minimum absolute atomic E-state index is 0.0711. The quantitative estimate of drug-likeness (QED) is 0.744. The molecule has 7 heteroatoms. The molecule has 1 aromatic heterocycles. The lowest BCUT2D eigenvalue weighted by Gasteiger charge is -2.18. The topological polar surface area (TPSA) is 81.1 Å². The number of ether oxygens (including phenoxy) is 1. The van der Waals surface area contributed by atoms with Crippen molar-refractivity contribution in [3.63, 3.8) is 0 Å². The maximum absolute atomic E-state index is 11.4. The van der Waals surface area contributed by atoms with Gasteiger partial charge in [-0.05, 0) is 29.8 Å². The lowest BCUT2D eigenvalue weighted by molar-refractivity contribution is -0.118. The smallest absolute Gasteiger partial charge is 0.262 e. The molecule has 0 unspecified atom stereocenters. The minimum atomic E-state index is -0.130. The number of hydrogen-bond donors (Lipinski definition) is 2. The van der Waals surface area contributed by atoms with Crippen molar-refractivity contribution in [1.29, 1.82) is 0 Å². The van der Waals surface area contributed by atoms with Gasteiger partial charge >= 0.3 is 0 Å². The molecule has 1 aliphatic rings. The molecule has 2 N–H and O–H groups in total. The lowest BCUT2D eigenvalue weighted by Crippen LogP contribution is -2.25. The Morgan fingerprint density at radius 3 is 2.92 bits per heavy atom. The zero-order chi connectivity index (χ0) is 17.1. The summed E-state index contributed by atoms with van der Waals surface area (Å²) in [5.74, 6) is 0.573. The van der Waals surface area contributed by atoms with Crippen molar-refractivity contribution in [3.8, 4) is 11.4 Å². The predicted molar refractivity (Wildman–Crippen MR) is 92.5 cm³/mol. The fraction of sp³-hybridized carbons (Fsp3) is 0.167. The number of carbonyl (C=O) groups is 1. The number of amides is 1. The molecule has 4 rings (SSSR count). The van der Waals surface area contributed by atoms with E-state index >= 15 is 0 Å². The predicted octanol–water partition coefficient (Wildman–Crippen LogP) is 1.89. The Labute approximate surface area is 144 Å². The van der Waals surface area contributed by atoms with Gasteiger partial charge in [0.2, 0.25) is 0 Å². The molecule has 1 amide bonds. The number of aromatic nitrogens is 3. The fourth-order valence-electron chi connectivity index (χ4n) is 2.64. The summed E-state index contributed by atoms with van der Waals surface area (Å²) in [4.78, 5) is 13.0. The summed E-state index contributed by atoms with van der Waals surface area (Å²) in [6, 6.07) is 15.6. The van der Waals surface area contributed by atoms with E-state index in [0.29, 0.717) is 24.5 Å². The van der Waals surface area contributed by atoms with Crippen molar-refractivity contribution in [2.24, 2.45) is 0 Å². The summed E-state index contributed by atoms with van der Waals surface area (Å²) >= 11 is 0. The largest absolute Gasteiger partial charge is 0.482 e. The van der Waals surface area contributed by atoms with Gasteiger partial charge in [0.1, 0.15) is 5.75 Å². The molecule has 0 bridgehead atoms. The number of fused-ring (bicyclic) bond motifs is 1. The van der Waals surface area contributed by atoms with Crippen LogP contribution < -0.4 is 15.4 Å². The molecule has 7 nitrogen and oxygen atoms in total. The van der Waals surface area contributed by atoms with Gasteiger partial charge in [0, 0.05) is 13.1 Å². The summed E-state index contributed by atoms with van der Waals surface area (Å²) in [5, 5.41) is 14.9. The van der Waals surface area contributed by atoms with Crippen molar-refractivity contribution >= 4 is 11.6 Å². The van der Waals surface area contributed by atoms with Gasteiger partial charge in [-0.25, -0.2) is 0 Å². The lowest BCUT2D eigenvalue weighted by atomic mass is 10.1. The molecule has 0 saturated carbocycles. The molecule has 2 aromatic carbocycles. The van der Waals surface area contributed by atoms with Gasteiger partial charge in [-0.2, -0.15) is 15.0 Å². The molecular formula is C18H17N5O2. The SMILES string of the molecule is O=C1COc2ccc(CNCc3cnn(-c4ccccc4)n3)cc2N1.